The number of benzene rings is 1. The Balaban J connectivity index is 2.00. The summed E-state index contributed by atoms with van der Waals surface area (Å²) in [6.07, 6.45) is 1.85. The first-order valence-electron chi connectivity index (χ1n) is 6.22. The quantitative estimate of drug-likeness (QED) is 0.813. The van der Waals surface area contributed by atoms with E-state index in [0.29, 0.717) is 12.5 Å². The smallest absolute Gasteiger partial charge is 0.162 e. The summed E-state index contributed by atoms with van der Waals surface area (Å²) in [4.78, 5) is 11.5. The molecule has 0 aliphatic carbocycles. The van der Waals surface area contributed by atoms with Crippen molar-refractivity contribution in [3.8, 4) is 0 Å². The Kier molecular flexibility index (Phi) is 3.79. The predicted molar refractivity (Wildman–Crippen MR) is 68.5 cm³/mol. The third kappa shape index (κ3) is 2.86. The Morgan fingerprint density at radius 3 is 2.65 bits per heavy atom. The van der Waals surface area contributed by atoms with Gasteiger partial charge in [0.2, 0.25) is 0 Å². The van der Waals surface area contributed by atoms with Crippen molar-refractivity contribution in [3.05, 3.63) is 29.8 Å². The molecular formula is C14H19NO2. The summed E-state index contributed by atoms with van der Waals surface area (Å²) in [6.45, 7) is 4.79. The Morgan fingerprint density at radius 2 is 2.12 bits per heavy atom. The number of ketones is 1. The van der Waals surface area contributed by atoms with Gasteiger partial charge in [0.1, 0.15) is 0 Å². The third-order valence-electron chi connectivity index (χ3n) is 3.26. The van der Waals surface area contributed by atoms with Gasteiger partial charge in [0.15, 0.2) is 5.78 Å². The van der Waals surface area contributed by atoms with Crippen molar-refractivity contribution in [2.24, 2.45) is 0 Å². The van der Waals surface area contributed by atoms with Crippen LogP contribution in [0.15, 0.2) is 24.3 Å². The molecule has 1 aliphatic heterocycles. The van der Waals surface area contributed by atoms with Crippen LogP contribution >= 0.6 is 0 Å². The van der Waals surface area contributed by atoms with E-state index in [0.717, 1.165) is 24.3 Å². The fraction of sp³-hybridized carbons (Fsp3) is 0.500. The van der Waals surface area contributed by atoms with Crippen LogP contribution in [0.2, 0.25) is 0 Å². The maximum Gasteiger partial charge on any atom is 0.162 e. The summed E-state index contributed by atoms with van der Waals surface area (Å²) < 4.78 is 5.50. The summed E-state index contributed by atoms with van der Waals surface area (Å²) in [7, 11) is 0. The molecule has 1 N–H and O–H groups in total. The van der Waals surface area contributed by atoms with Crippen molar-refractivity contribution in [3.63, 3.8) is 0 Å². The second-order valence-corrected chi connectivity index (χ2v) is 4.47. The van der Waals surface area contributed by atoms with Gasteiger partial charge in [-0.15, -0.1) is 0 Å². The molecule has 1 heterocycles. The molecule has 1 aliphatic rings. The Labute approximate surface area is 102 Å². The number of carbonyl (C=O) groups is 1. The Morgan fingerprint density at radius 1 is 1.41 bits per heavy atom. The van der Waals surface area contributed by atoms with E-state index in [1.54, 1.807) is 0 Å². The number of hydrogen-bond donors (Lipinski definition) is 1. The van der Waals surface area contributed by atoms with E-state index >= 15 is 0 Å². The Bertz CT molecular complexity index is 386. The zero-order chi connectivity index (χ0) is 12.3. The first-order chi connectivity index (χ1) is 8.20. The number of nitrogens with one attached hydrogen (secondary N) is 1. The molecule has 3 nitrogen and oxygen atoms in total. The summed E-state index contributed by atoms with van der Waals surface area (Å²) in [5, 5.41) is 3.44. The highest BCUT2D eigenvalue weighted by Gasteiger charge is 2.23. The van der Waals surface area contributed by atoms with E-state index in [1.165, 1.54) is 0 Å². The van der Waals surface area contributed by atoms with Gasteiger partial charge in [0, 0.05) is 24.3 Å². The number of anilines is 1. The van der Waals surface area contributed by atoms with E-state index < -0.39 is 0 Å². The number of hydrogen-bond acceptors (Lipinski definition) is 3. The van der Waals surface area contributed by atoms with Gasteiger partial charge < -0.3 is 10.1 Å². The molecule has 1 saturated heterocycles. The van der Waals surface area contributed by atoms with Gasteiger partial charge in [-0.05, 0) is 37.6 Å². The van der Waals surface area contributed by atoms with Crippen LogP contribution in [0.3, 0.4) is 0 Å². The minimum Gasteiger partial charge on any atom is -0.380 e. The van der Waals surface area contributed by atoms with Crippen molar-refractivity contribution < 1.29 is 9.53 Å². The van der Waals surface area contributed by atoms with Gasteiger partial charge in [-0.1, -0.05) is 6.92 Å². The summed E-state index contributed by atoms with van der Waals surface area (Å²) in [6, 6.07) is 8.08. The van der Waals surface area contributed by atoms with Gasteiger partial charge in [-0.2, -0.15) is 0 Å². The van der Waals surface area contributed by atoms with Crippen LogP contribution in [0, 0.1) is 0 Å². The molecule has 2 atom stereocenters. The van der Waals surface area contributed by atoms with Crippen molar-refractivity contribution in [1.82, 2.24) is 0 Å². The van der Waals surface area contributed by atoms with Crippen LogP contribution in [0.5, 0.6) is 0 Å². The molecule has 1 aromatic rings. The fourth-order valence-corrected chi connectivity index (χ4v) is 2.09. The summed E-state index contributed by atoms with van der Waals surface area (Å²) in [5.74, 6) is 0.189. The van der Waals surface area contributed by atoms with Crippen molar-refractivity contribution in [2.75, 3.05) is 11.9 Å². The van der Waals surface area contributed by atoms with Crippen molar-refractivity contribution >= 4 is 11.5 Å². The van der Waals surface area contributed by atoms with E-state index in [2.05, 4.69) is 12.2 Å². The van der Waals surface area contributed by atoms with Gasteiger partial charge >= 0.3 is 0 Å². The molecule has 92 valence electrons. The zero-order valence-corrected chi connectivity index (χ0v) is 10.4. The largest absolute Gasteiger partial charge is 0.380 e. The highest BCUT2D eigenvalue weighted by atomic mass is 16.5. The molecule has 2 unspecified atom stereocenters. The van der Waals surface area contributed by atoms with E-state index in [9.17, 15) is 4.79 Å². The molecule has 0 amide bonds. The zero-order valence-electron chi connectivity index (χ0n) is 10.4. The molecule has 1 aromatic carbocycles. The van der Waals surface area contributed by atoms with Crippen LogP contribution in [-0.4, -0.2) is 24.5 Å². The fourth-order valence-electron chi connectivity index (χ4n) is 2.09. The number of Topliss-reactive ketones (excluding diaryl/α,β-unsaturated/α-hetero) is 1. The standard InChI is InChI=1S/C14H19NO2/c1-3-14(16)11-4-6-12(7-5-11)15-13-8-9-17-10(13)2/h4-7,10,13,15H,3,8-9H2,1-2H3. The molecule has 3 heteroatoms. The maximum absolute atomic E-state index is 11.5. The lowest BCUT2D eigenvalue weighted by Crippen LogP contribution is -2.26. The monoisotopic (exact) mass is 233 g/mol. The second-order valence-electron chi connectivity index (χ2n) is 4.47. The lowest BCUT2D eigenvalue weighted by Gasteiger charge is -2.17. The van der Waals surface area contributed by atoms with Gasteiger partial charge in [-0.25, -0.2) is 0 Å². The lowest BCUT2D eigenvalue weighted by molar-refractivity contribution is 0.0988. The molecule has 0 aromatic heterocycles. The van der Waals surface area contributed by atoms with Crippen LogP contribution in [0.1, 0.15) is 37.0 Å². The van der Waals surface area contributed by atoms with Crippen LogP contribution in [0.4, 0.5) is 5.69 Å². The molecule has 0 saturated carbocycles. The first-order valence-corrected chi connectivity index (χ1v) is 6.22. The summed E-state index contributed by atoms with van der Waals surface area (Å²) in [5.41, 5.74) is 1.84. The molecule has 0 spiro atoms. The van der Waals surface area contributed by atoms with Crippen molar-refractivity contribution in [1.29, 1.82) is 0 Å². The van der Waals surface area contributed by atoms with E-state index in [4.69, 9.17) is 4.74 Å². The highest BCUT2D eigenvalue weighted by molar-refractivity contribution is 5.96. The third-order valence-corrected chi connectivity index (χ3v) is 3.26. The first kappa shape index (κ1) is 12.1. The topological polar surface area (TPSA) is 38.3 Å². The molecule has 2 rings (SSSR count). The molecule has 17 heavy (non-hydrogen) atoms. The highest BCUT2D eigenvalue weighted by Crippen LogP contribution is 2.19. The van der Waals surface area contributed by atoms with Crippen LogP contribution < -0.4 is 5.32 Å². The van der Waals surface area contributed by atoms with E-state index in [-0.39, 0.29) is 11.9 Å². The molecule has 0 radical (unpaired) electrons. The average Bonchev–Trinajstić information content (AvgIpc) is 2.75. The van der Waals surface area contributed by atoms with Gasteiger partial charge in [0.25, 0.3) is 0 Å². The summed E-state index contributed by atoms with van der Waals surface area (Å²) >= 11 is 0. The van der Waals surface area contributed by atoms with Gasteiger partial charge in [-0.3, -0.25) is 4.79 Å². The van der Waals surface area contributed by atoms with Crippen LogP contribution in [-0.2, 0) is 4.74 Å². The molecular weight excluding hydrogens is 214 g/mol. The maximum atomic E-state index is 11.5. The lowest BCUT2D eigenvalue weighted by atomic mass is 10.1. The number of rotatable bonds is 4. The van der Waals surface area contributed by atoms with E-state index in [1.807, 2.05) is 31.2 Å². The van der Waals surface area contributed by atoms with Crippen molar-refractivity contribution in [2.45, 2.75) is 38.8 Å². The van der Waals surface area contributed by atoms with Gasteiger partial charge in [0.05, 0.1) is 12.1 Å². The molecule has 1 fully saturated rings. The average molecular weight is 233 g/mol. The number of ether oxygens (including phenoxy) is 1. The predicted octanol–water partition coefficient (Wildman–Crippen LogP) is 2.87. The minimum absolute atomic E-state index is 0.189. The SMILES string of the molecule is CCC(=O)c1ccc(NC2CCOC2C)cc1. The Hall–Kier alpha value is -1.35. The normalized spacial score (nSPS) is 23.6. The number of carbonyl (C=O) groups excluding carboxylic acids is 1. The second kappa shape index (κ2) is 5.32. The minimum atomic E-state index is 0.189. The van der Waals surface area contributed by atoms with Crippen LogP contribution in [0.25, 0.3) is 0 Å². The molecule has 0 bridgehead atoms.